The van der Waals surface area contributed by atoms with E-state index in [0.717, 1.165) is 29.4 Å². The molecule has 1 amide bonds. The fraction of sp³-hybridized carbons (Fsp3) is 0.261. The molecule has 0 spiro atoms. The fourth-order valence-electron chi connectivity index (χ4n) is 3.55. The summed E-state index contributed by atoms with van der Waals surface area (Å²) in [6, 6.07) is 13.4. The lowest BCUT2D eigenvalue weighted by Crippen LogP contribution is -2.25. The smallest absolute Gasteiger partial charge is 0.251 e. The summed E-state index contributed by atoms with van der Waals surface area (Å²) in [7, 11) is 0. The minimum atomic E-state index is -0.0714. The average molecular weight is 372 g/mol. The van der Waals surface area contributed by atoms with Crippen LogP contribution in [-0.4, -0.2) is 22.4 Å². The maximum absolute atomic E-state index is 12.5. The van der Waals surface area contributed by atoms with Gasteiger partial charge < -0.3 is 10.6 Å². The standard InChI is InChI=1S/C23H24N4O/c28-23(26-14-11-17-6-2-1-3-7-17)19-12-15-24-21(16-19)27-20-10-4-8-18-9-5-13-25-22(18)20/h4-6,8-10,12-13,15-16H,1-3,7,11,14H2,(H,24,27)(H,26,28). The summed E-state index contributed by atoms with van der Waals surface area (Å²) >= 11 is 0. The minimum absolute atomic E-state index is 0.0714. The molecule has 2 heterocycles. The second-order valence-corrected chi connectivity index (χ2v) is 7.05. The first-order valence-corrected chi connectivity index (χ1v) is 9.82. The van der Waals surface area contributed by atoms with E-state index in [4.69, 9.17) is 0 Å². The van der Waals surface area contributed by atoms with Crippen LogP contribution in [0.3, 0.4) is 0 Å². The van der Waals surface area contributed by atoms with Gasteiger partial charge in [-0.25, -0.2) is 4.98 Å². The molecule has 0 aliphatic heterocycles. The number of aromatic nitrogens is 2. The fourth-order valence-corrected chi connectivity index (χ4v) is 3.55. The number of rotatable bonds is 6. The van der Waals surface area contributed by atoms with Gasteiger partial charge in [-0.15, -0.1) is 0 Å². The Morgan fingerprint density at radius 2 is 1.96 bits per heavy atom. The first-order valence-electron chi connectivity index (χ1n) is 9.82. The molecule has 0 atom stereocenters. The van der Waals surface area contributed by atoms with Gasteiger partial charge in [-0.1, -0.05) is 29.8 Å². The van der Waals surface area contributed by atoms with Crippen molar-refractivity contribution < 1.29 is 4.79 Å². The number of hydrogen-bond donors (Lipinski definition) is 2. The van der Waals surface area contributed by atoms with E-state index >= 15 is 0 Å². The number of fused-ring (bicyclic) bond motifs is 1. The van der Waals surface area contributed by atoms with E-state index in [9.17, 15) is 4.79 Å². The molecule has 2 aromatic heterocycles. The van der Waals surface area contributed by atoms with E-state index < -0.39 is 0 Å². The van der Waals surface area contributed by atoms with Crippen LogP contribution < -0.4 is 10.6 Å². The highest BCUT2D eigenvalue weighted by atomic mass is 16.1. The molecule has 2 N–H and O–H groups in total. The third-order valence-electron chi connectivity index (χ3n) is 5.03. The largest absolute Gasteiger partial charge is 0.352 e. The molecule has 142 valence electrons. The van der Waals surface area contributed by atoms with E-state index in [1.54, 1.807) is 24.5 Å². The zero-order chi connectivity index (χ0) is 19.2. The van der Waals surface area contributed by atoms with Crippen LogP contribution in [0.4, 0.5) is 11.5 Å². The van der Waals surface area contributed by atoms with Gasteiger partial charge in [-0.3, -0.25) is 9.78 Å². The Morgan fingerprint density at radius 3 is 2.86 bits per heavy atom. The predicted octanol–water partition coefficient (Wildman–Crippen LogP) is 4.99. The Morgan fingerprint density at radius 1 is 1.04 bits per heavy atom. The van der Waals surface area contributed by atoms with Crippen molar-refractivity contribution in [1.82, 2.24) is 15.3 Å². The van der Waals surface area contributed by atoms with Crippen LogP contribution in [0.1, 0.15) is 42.5 Å². The van der Waals surface area contributed by atoms with Crippen molar-refractivity contribution in [2.24, 2.45) is 0 Å². The number of anilines is 2. The number of para-hydroxylation sites is 1. The quantitative estimate of drug-likeness (QED) is 0.598. The summed E-state index contributed by atoms with van der Waals surface area (Å²) in [6.07, 6.45) is 11.6. The summed E-state index contributed by atoms with van der Waals surface area (Å²) in [4.78, 5) is 21.3. The molecule has 1 aliphatic rings. The van der Waals surface area contributed by atoms with Gasteiger partial charge in [0.2, 0.25) is 0 Å². The molecule has 0 saturated heterocycles. The first-order chi connectivity index (χ1) is 13.8. The van der Waals surface area contributed by atoms with Crippen molar-refractivity contribution >= 4 is 28.3 Å². The molecule has 3 aromatic rings. The lowest BCUT2D eigenvalue weighted by atomic mass is 9.97. The van der Waals surface area contributed by atoms with Crippen LogP contribution in [0.15, 0.2) is 66.5 Å². The molecule has 1 aromatic carbocycles. The highest BCUT2D eigenvalue weighted by Crippen LogP contribution is 2.24. The van der Waals surface area contributed by atoms with Crippen molar-refractivity contribution in [3.8, 4) is 0 Å². The topological polar surface area (TPSA) is 66.9 Å². The third-order valence-corrected chi connectivity index (χ3v) is 5.03. The Bertz CT molecular complexity index is 1010. The van der Waals surface area contributed by atoms with Gasteiger partial charge in [-0.05, 0) is 56.4 Å². The van der Waals surface area contributed by atoms with Crippen molar-refractivity contribution in [3.05, 3.63) is 72.1 Å². The summed E-state index contributed by atoms with van der Waals surface area (Å²) < 4.78 is 0. The second kappa shape index (κ2) is 8.65. The van der Waals surface area contributed by atoms with Crippen molar-refractivity contribution in [2.45, 2.75) is 32.1 Å². The van der Waals surface area contributed by atoms with Gasteiger partial charge in [0.25, 0.3) is 5.91 Å². The highest BCUT2D eigenvalue weighted by molar-refractivity contribution is 5.96. The van der Waals surface area contributed by atoms with Crippen LogP contribution in [0.25, 0.3) is 10.9 Å². The van der Waals surface area contributed by atoms with Gasteiger partial charge >= 0.3 is 0 Å². The number of amides is 1. The molecule has 28 heavy (non-hydrogen) atoms. The Balaban J connectivity index is 1.42. The number of nitrogens with one attached hydrogen (secondary N) is 2. The summed E-state index contributed by atoms with van der Waals surface area (Å²) in [5.74, 6) is 0.554. The van der Waals surface area contributed by atoms with E-state index in [1.807, 2.05) is 30.3 Å². The van der Waals surface area contributed by atoms with E-state index in [0.29, 0.717) is 17.9 Å². The molecule has 5 nitrogen and oxygen atoms in total. The van der Waals surface area contributed by atoms with E-state index in [2.05, 4.69) is 26.7 Å². The van der Waals surface area contributed by atoms with E-state index in [-0.39, 0.29) is 5.91 Å². The molecule has 0 unspecified atom stereocenters. The van der Waals surface area contributed by atoms with Crippen LogP contribution in [0, 0.1) is 0 Å². The number of carbonyl (C=O) groups excluding carboxylic acids is 1. The molecule has 0 bridgehead atoms. The van der Waals surface area contributed by atoms with Gasteiger partial charge in [0.15, 0.2) is 0 Å². The lowest BCUT2D eigenvalue weighted by Gasteiger charge is -2.13. The number of allylic oxidation sites excluding steroid dienone is 1. The number of benzene rings is 1. The monoisotopic (exact) mass is 372 g/mol. The molecule has 1 aliphatic carbocycles. The zero-order valence-corrected chi connectivity index (χ0v) is 15.8. The van der Waals surface area contributed by atoms with Gasteiger partial charge in [0, 0.05) is 29.9 Å². The molecule has 5 heteroatoms. The molecular formula is C23H24N4O. The van der Waals surface area contributed by atoms with Crippen molar-refractivity contribution in [3.63, 3.8) is 0 Å². The maximum Gasteiger partial charge on any atom is 0.251 e. The van der Waals surface area contributed by atoms with Crippen LogP contribution in [0.2, 0.25) is 0 Å². The van der Waals surface area contributed by atoms with Crippen LogP contribution >= 0.6 is 0 Å². The SMILES string of the molecule is O=C(NCCC1=CCCCC1)c1ccnc(Nc2cccc3cccnc23)c1. The highest BCUT2D eigenvalue weighted by Gasteiger charge is 2.09. The first kappa shape index (κ1) is 18.2. The van der Waals surface area contributed by atoms with Crippen LogP contribution in [-0.2, 0) is 0 Å². The van der Waals surface area contributed by atoms with E-state index in [1.165, 1.54) is 24.8 Å². The Hall–Kier alpha value is -3.21. The number of pyridine rings is 2. The molecule has 0 saturated carbocycles. The molecule has 4 rings (SSSR count). The minimum Gasteiger partial charge on any atom is -0.352 e. The normalized spacial score (nSPS) is 13.8. The molecular weight excluding hydrogens is 348 g/mol. The predicted molar refractivity (Wildman–Crippen MR) is 113 cm³/mol. The Kier molecular flexibility index (Phi) is 5.61. The van der Waals surface area contributed by atoms with Gasteiger partial charge in [-0.2, -0.15) is 0 Å². The maximum atomic E-state index is 12.5. The molecule has 0 fully saturated rings. The van der Waals surface area contributed by atoms with Gasteiger partial charge in [0.05, 0.1) is 11.2 Å². The molecule has 0 radical (unpaired) electrons. The number of carbonyl (C=O) groups is 1. The average Bonchev–Trinajstić information content (AvgIpc) is 2.75. The van der Waals surface area contributed by atoms with Crippen molar-refractivity contribution in [1.29, 1.82) is 0 Å². The second-order valence-electron chi connectivity index (χ2n) is 7.05. The van der Waals surface area contributed by atoms with Crippen molar-refractivity contribution in [2.75, 3.05) is 11.9 Å². The lowest BCUT2D eigenvalue weighted by molar-refractivity contribution is 0.0954. The summed E-state index contributed by atoms with van der Waals surface area (Å²) in [5, 5.41) is 7.36. The van der Waals surface area contributed by atoms with Crippen LogP contribution in [0.5, 0.6) is 0 Å². The Labute approximate surface area is 164 Å². The van der Waals surface area contributed by atoms with Gasteiger partial charge in [0.1, 0.15) is 5.82 Å². The summed E-state index contributed by atoms with van der Waals surface area (Å²) in [5.41, 5.74) is 3.81. The number of hydrogen-bond acceptors (Lipinski definition) is 4. The third kappa shape index (κ3) is 4.36. The summed E-state index contributed by atoms with van der Waals surface area (Å²) in [6.45, 7) is 0.670. The number of nitrogens with zero attached hydrogens (tertiary/aromatic N) is 2. The zero-order valence-electron chi connectivity index (χ0n) is 15.8.